The van der Waals surface area contributed by atoms with E-state index in [-0.39, 0.29) is 0 Å². The van der Waals surface area contributed by atoms with Gasteiger partial charge in [0, 0.05) is 0 Å². The molecule has 2 atom stereocenters. The van der Waals surface area contributed by atoms with Crippen molar-refractivity contribution in [2.45, 2.75) is 84.5 Å². The quantitative estimate of drug-likeness (QED) is 0.221. The summed E-state index contributed by atoms with van der Waals surface area (Å²) in [6.45, 7) is 7.35. The van der Waals surface area contributed by atoms with Crippen LogP contribution < -0.4 is 0 Å². The molecule has 2 unspecified atom stereocenters. The number of fused-ring (bicyclic) bond motifs is 2. The van der Waals surface area contributed by atoms with Crippen molar-refractivity contribution in [3.63, 3.8) is 0 Å². The maximum atomic E-state index is 2.63. The molecule has 0 bridgehead atoms. The summed E-state index contributed by atoms with van der Waals surface area (Å²) >= 11 is -2.05. The van der Waals surface area contributed by atoms with Gasteiger partial charge in [0.15, 0.2) is 0 Å². The molecule has 2 aromatic carbocycles. The molecule has 4 aliphatic rings. The third kappa shape index (κ3) is 3.74. The summed E-state index contributed by atoms with van der Waals surface area (Å²) in [5.74, 6) is 1.70. The molecular weight excluding hydrogens is 567 g/mol. The summed E-state index contributed by atoms with van der Waals surface area (Å²) in [5.41, 5.74) is 13.6. The SMILES string of the molecule is CCCC[SiH]=[Hf]([CH]1C(C)=Cc2c(C3CC3)cccc21)[CH]1C(C)=Cc2c(C3CC3)cccc21. The monoisotopic (exact) mass is 604 g/mol. The summed E-state index contributed by atoms with van der Waals surface area (Å²) < 4.78 is 1.65. The van der Waals surface area contributed by atoms with E-state index in [2.05, 4.69) is 69.3 Å². The summed E-state index contributed by atoms with van der Waals surface area (Å²) in [6.07, 6.45) is 14.3. The van der Waals surface area contributed by atoms with Crippen LogP contribution in [0.5, 0.6) is 0 Å². The first-order chi connectivity index (χ1) is 15.7. The average molecular weight is 603 g/mol. The molecule has 0 saturated heterocycles. The third-order valence-electron chi connectivity index (χ3n) is 8.26. The fourth-order valence-corrected chi connectivity index (χ4v) is 35.9. The fraction of sp³-hybridized carbons (Fsp3) is 0.467. The molecular formula is C30H36HfSi. The molecule has 2 heteroatoms. The van der Waals surface area contributed by atoms with E-state index in [0.717, 1.165) is 19.2 Å². The molecule has 0 heterocycles. The molecule has 2 fully saturated rings. The van der Waals surface area contributed by atoms with Crippen LogP contribution in [-0.2, 0) is 20.1 Å². The van der Waals surface area contributed by atoms with Crippen LogP contribution in [0.15, 0.2) is 47.5 Å². The van der Waals surface area contributed by atoms with Gasteiger partial charge in [0.1, 0.15) is 0 Å². The standard InChI is InChI=1S/2C13H13.C4H10Si.Hf/c2*1-9-7-11-3-2-4-12(10-5-6-10)13(11)8-9;1-2-3-4-5;/h2*2-4,7-8,10H,5-6H2,1H3;5H,2-4H2,1H3;. The Kier molecular flexibility index (Phi) is 5.83. The zero-order chi connectivity index (χ0) is 21.8. The minimum absolute atomic E-state index is 0.626. The normalized spacial score (nSPS) is 23.5. The Bertz CT molecular complexity index is 1070. The van der Waals surface area contributed by atoms with Crippen molar-refractivity contribution in [1.82, 2.24) is 0 Å². The van der Waals surface area contributed by atoms with Crippen LogP contribution in [0.4, 0.5) is 0 Å². The van der Waals surface area contributed by atoms with E-state index >= 15 is 0 Å². The van der Waals surface area contributed by atoms with Gasteiger partial charge < -0.3 is 0 Å². The van der Waals surface area contributed by atoms with Crippen molar-refractivity contribution in [2.24, 2.45) is 0 Å². The summed E-state index contributed by atoms with van der Waals surface area (Å²) in [4.78, 5) is 0. The first-order valence-electron chi connectivity index (χ1n) is 13.0. The van der Waals surface area contributed by atoms with Gasteiger partial charge in [-0.05, 0) is 0 Å². The van der Waals surface area contributed by atoms with Gasteiger partial charge in [-0.3, -0.25) is 0 Å². The number of allylic oxidation sites excluding steroid dienone is 2. The number of hydrogen-bond donors (Lipinski definition) is 0. The van der Waals surface area contributed by atoms with Gasteiger partial charge >= 0.3 is 204 Å². The van der Waals surface area contributed by atoms with Gasteiger partial charge in [-0.1, -0.05) is 0 Å². The van der Waals surface area contributed by atoms with Gasteiger partial charge in [0.05, 0.1) is 0 Å². The number of unbranched alkanes of at least 4 members (excludes halogenated alkanes) is 1. The molecule has 0 aliphatic heterocycles. The van der Waals surface area contributed by atoms with Crippen LogP contribution in [0.1, 0.15) is 112 Å². The Morgan fingerprint density at radius 2 is 1.22 bits per heavy atom. The zero-order valence-electron chi connectivity index (χ0n) is 20.0. The molecule has 0 amide bonds. The van der Waals surface area contributed by atoms with Crippen LogP contribution in [0.25, 0.3) is 12.2 Å². The number of hydrogen-bond acceptors (Lipinski definition) is 0. The molecule has 0 N–H and O–H groups in total. The molecule has 6 rings (SSSR count). The fourth-order valence-electron chi connectivity index (χ4n) is 6.41. The Labute approximate surface area is 202 Å². The Balaban J connectivity index is 1.46. The molecule has 0 spiro atoms. The number of rotatable bonds is 7. The molecule has 0 aromatic heterocycles. The van der Waals surface area contributed by atoms with E-state index < -0.39 is 20.1 Å². The van der Waals surface area contributed by atoms with Crippen molar-refractivity contribution in [3.8, 4) is 0 Å². The predicted molar refractivity (Wildman–Crippen MR) is 136 cm³/mol. The van der Waals surface area contributed by atoms with Crippen LogP contribution >= 0.6 is 0 Å². The predicted octanol–water partition coefficient (Wildman–Crippen LogP) is 8.25. The van der Waals surface area contributed by atoms with Crippen molar-refractivity contribution >= 4 is 18.4 Å². The maximum absolute atomic E-state index is 2.63. The van der Waals surface area contributed by atoms with Gasteiger partial charge in [-0.2, -0.15) is 0 Å². The van der Waals surface area contributed by atoms with Crippen LogP contribution in [0, 0.1) is 0 Å². The first kappa shape index (κ1) is 21.5. The molecule has 164 valence electrons. The molecule has 0 nitrogen and oxygen atoms in total. The summed E-state index contributed by atoms with van der Waals surface area (Å²) in [5, 5.41) is 0. The third-order valence-corrected chi connectivity index (χ3v) is 33.4. The van der Waals surface area contributed by atoms with E-state index in [0.29, 0.717) is 6.22 Å². The van der Waals surface area contributed by atoms with Gasteiger partial charge in [0.25, 0.3) is 0 Å². The van der Waals surface area contributed by atoms with Gasteiger partial charge in [0.2, 0.25) is 0 Å². The second kappa shape index (κ2) is 8.66. The van der Waals surface area contributed by atoms with E-state index in [1.54, 1.807) is 44.5 Å². The zero-order valence-corrected chi connectivity index (χ0v) is 24.7. The second-order valence-electron chi connectivity index (χ2n) is 10.7. The van der Waals surface area contributed by atoms with E-state index in [9.17, 15) is 0 Å². The summed E-state index contributed by atoms with van der Waals surface area (Å²) in [7, 11) is 0. The van der Waals surface area contributed by atoms with Crippen molar-refractivity contribution in [3.05, 3.63) is 80.9 Å². The number of benzene rings is 2. The molecule has 2 saturated carbocycles. The Morgan fingerprint density at radius 3 is 1.66 bits per heavy atom. The van der Waals surface area contributed by atoms with Crippen LogP contribution in [-0.4, -0.2) is 6.22 Å². The second-order valence-corrected chi connectivity index (χ2v) is 29.3. The van der Waals surface area contributed by atoms with Crippen molar-refractivity contribution in [1.29, 1.82) is 0 Å². The molecule has 2 aromatic rings. The molecule has 0 radical (unpaired) electrons. The molecule has 32 heavy (non-hydrogen) atoms. The van der Waals surface area contributed by atoms with Gasteiger partial charge in [-0.25, -0.2) is 0 Å². The van der Waals surface area contributed by atoms with Crippen LogP contribution in [0.3, 0.4) is 0 Å². The van der Waals surface area contributed by atoms with Gasteiger partial charge in [-0.15, -0.1) is 0 Å². The minimum atomic E-state index is -2.05. The van der Waals surface area contributed by atoms with E-state index in [1.807, 2.05) is 0 Å². The topological polar surface area (TPSA) is 0 Å². The first-order valence-corrected chi connectivity index (χ1v) is 24.8. The Hall–Kier alpha value is -0.993. The van der Waals surface area contributed by atoms with E-state index in [1.165, 1.54) is 44.6 Å². The van der Waals surface area contributed by atoms with Crippen molar-refractivity contribution < 1.29 is 20.1 Å². The van der Waals surface area contributed by atoms with E-state index in [4.69, 9.17) is 0 Å². The van der Waals surface area contributed by atoms with Crippen LogP contribution in [0.2, 0.25) is 6.04 Å². The Morgan fingerprint density at radius 1 is 0.750 bits per heavy atom. The summed E-state index contributed by atoms with van der Waals surface area (Å²) in [6, 6.07) is 16.3. The average Bonchev–Trinajstić information content (AvgIpc) is 3.71. The van der Waals surface area contributed by atoms with Crippen molar-refractivity contribution in [2.75, 3.05) is 0 Å². The molecule has 4 aliphatic carbocycles.